The summed E-state index contributed by atoms with van der Waals surface area (Å²) in [6, 6.07) is 16.9. The average Bonchev–Trinajstić information content (AvgIpc) is 3.37. The number of benzene rings is 2. The molecule has 0 bridgehead atoms. The lowest BCUT2D eigenvalue weighted by Crippen LogP contribution is -2.34. The number of aromatic nitrogens is 3. The molecule has 1 spiro atoms. The quantitative estimate of drug-likeness (QED) is 0.278. The van der Waals surface area contributed by atoms with Gasteiger partial charge in [0.1, 0.15) is 11.4 Å². The van der Waals surface area contributed by atoms with Gasteiger partial charge in [0.15, 0.2) is 0 Å². The van der Waals surface area contributed by atoms with Crippen LogP contribution in [-0.2, 0) is 5.41 Å². The number of H-pyrrole nitrogens is 3. The van der Waals surface area contributed by atoms with Crippen molar-refractivity contribution in [1.82, 2.24) is 19.9 Å². The number of piperidine rings is 1. The van der Waals surface area contributed by atoms with Gasteiger partial charge in [0.25, 0.3) is 11.8 Å². The standard InChI is InChI=1S/C30H23N5O3/c1-15-13-31-27-24(36)11-25-30(26(15)27)12-18(30)14-35(25)29(38)23-10-17-8-19(6-7-21(17)34-23)32-28(37)22-9-16-4-2-3-5-20(16)33-22/h2-11,13,18,31,33-34H,12,14H2,1H3,(H,32,37)/t18-,30?/m1/s1. The third-order valence-corrected chi connectivity index (χ3v) is 8.42. The van der Waals surface area contributed by atoms with E-state index in [1.54, 1.807) is 11.0 Å². The van der Waals surface area contributed by atoms with E-state index in [0.29, 0.717) is 35.2 Å². The first-order valence-electron chi connectivity index (χ1n) is 12.7. The molecule has 1 saturated heterocycles. The van der Waals surface area contributed by atoms with Crippen molar-refractivity contribution in [3.05, 3.63) is 101 Å². The van der Waals surface area contributed by atoms with Crippen LogP contribution in [0.4, 0.5) is 5.69 Å². The van der Waals surface area contributed by atoms with Crippen molar-refractivity contribution in [2.24, 2.45) is 5.92 Å². The zero-order valence-electron chi connectivity index (χ0n) is 20.5. The molecule has 1 saturated carbocycles. The second kappa shape index (κ2) is 7.13. The molecular weight excluding hydrogens is 478 g/mol. The number of ketones is 1. The van der Waals surface area contributed by atoms with Gasteiger partial charge in [-0.15, -0.1) is 0 Å². The van der Waals surface area contributed by atoms with Crippen LogP contribution in [0.15, 0.2) is 72.6 Å². The number of fused-ring (bicyclic) bond motifs is 3. The van der Waals surface area contributed by atoms with Gasteiger partial charge in [-0.25, -0.2) is 0 Å². The van der Waals surface area contributed by atoms with Gasteiger partial charge in [-0.1, -0.05) is 18.2 Å². The van der Waals surface area contributed by atoms with E-state index in [1.807, 2.05) is 67.7 Å². The number of rotatable bonds is 3. The summed E-state index contributed by atoms with van der Waals surface area (Å²) < 4.78 is 0. The summed E-state index contributed by atoms with van der Waals surface area (Å²) in [5.41, 5.74) is 6.67. The minimum absolute atomic E-state index is 0.0777. The van der Waals surface area contributed by atoms with E-state index >= 15 is 0 Å². The van der Waals surface area contributed by atoms with Crippen molar-refractivity contribution in [3.8, 4) is 0 Å². The van der Waals surface area contributed by atoms with Gasteiger partial charge in [0.2, 0.25) is 5.78 Å². The molecule has 5 aromatic rings. The highest BCUT2D eigenvalue weighted by molar-refractivity contribution is 6.10. The molecule has 1 unspecified atom stereocenters. The summed E-state index contributed by atoms with van der Waals surface area (Å²) in [7, 11) is 0. The normalized spacial score (nSPS) is 21.3. The SMILES string of the molecule is Cc1c[nH]c2c1C13C[C@@H]1CN(C(=O)c1cc4cc(NC(=O)c5cc6ccccc6[nH]5)ccc4[nH]1)C3=CC2=O. The first-order valence-corrected chi connectivity index (χ1v) is 12.7. The number of carbonyl (C=O) groups excluding carboxylic acids is 3. The first-order chi connectivity index (χ1) is 18.4. The molecular formula is C30H23N5O3. The molecule has 2 amide bonds. The Morgan fingerprint density at radius 2 is 1.79 bits per heavy atom. The smallest absolute Gasteiger partial charge is 0.274 e. The summed E-state index contributed by atoms with van der Waals surface area (Å²) in [6.45, 7) is 2.62. The van der Waals surface area contributed by atoms with Crippen molar-refractivity contribution in [2.45, 2.75) is 18.8 Å². The predicted molar refractivity (Wildman–Crippen MR) is 143 cm³/mol. The molecule has 8 heteroatoms. The Balaban J connectivity index is 1.07. The van der Waals surface area contributed by atoms with E-state index in [9.17, 15) is 14.4 Å². The number of likely N-dealkylation sites (tertiary alicyclic amines) is 1. The minimum atomic E-state index is -0.234. The number of aryl methyl sites for hydroxylation is 1. The van der Waals surface area contributed by atoms with Crippen LogP contribution >= 0.6 is 0 Å². The van der Waals surface area contributed by atoms with Gasteiger partial charge in [0.05, 0.1) is 5.69 Å². The third kappa shape index (κ3) is 2.77. The monoisotopic (exact) mass is 501 g/mol. The lowest BCUT2D eigenvalue weighted by Gasteiger charge is -2.28. The molecule has 4 heterocycles. The summed E-state index contributed by atoms with van der Waals surface area (Å²) in [6.07, 6.45) is 4.50. The summed E-state index contributed by atoms with van der Waals surface area (Å²) in [4.78, 5) is 50.6. The number of amides is 2. The molecule has 186 valence electrons. The molecule has 3 aromatic heterocycles. The highest BCUT2D eigenvalue weighted by Gasteiger charge is 2.68. The van der Waals surface area contributed by atoms with Gasteiger partial charge in [-0.2, -0.15) is 0 Å². The van der Waals surface area contributed by atoms with Crippen LogP contribution in [0.1, 0.15) is 49.0 Å². The Bertz CT molecular complexity index is 1870. The zero-order valence-corrected chi connectivity index (χ0v) is 20.5. The second-order valence-electron chi connectivity index (χ2n) is 10.6. The fraction of sp³-hybridized carbons (Fsp3) is 0.167. The van der Waals surface area contributed by atoms with Crippen LogP contribution < -0.4 is 5.32 Å². The molecule has 8 rings (SSSR count). The Morgan fingerprint density at radius 3 is 2.66 bits per heavy atom. The maximum Gasteiger partial charge on any atom is 0.274 e. The Kier molecular flexibility index (Phi) is 3.99. The van der Waals surface area contributed by atoms with E-state index < -0.39 is 0 Å². The molecule has 2 atom stereocenters. The van der Waals surface area contributed by atoms with Crippen LogP contribution in [0, 0.1) is 12.8 Å². The minimum Gasteiger partial charge on any atom is -0.358 e. The summed E-state index contributed by atoms with van der Waals surface area (Å²) in [5, 5.41) is 4.73. The Morgan fingerprint density at radius 1 is 1.00 bits per heavy atom. The number of anilines is 1. The number of para-hydroxylation sites is 1. The zero-order chi connectivity index (χ0) is 25.8. The molecule has 4 N–H and O–H groups in total. The second-order valence-corrected chi connectivity index (χ2v) is 10.6. The summed E-state index contributed by atoms with van der Waals surface area (Å²) >= 11 is 0. The number of carbonyl (C=O) groups is 3. The van der Waals surface area contributed by atoms with E-state index in [0.717, 1.165) is 45.1 Å². The van der Waals surface area contributed by atoms with Crippen LogP contribution in [0.5, 0.6) is 0 Å². The summed E-state index contributed by atoms with van der Waals surface area (Å²) in [5.74, 6) is -0.129. The van der Waals surface area contributed by atoms with Crippen molar-refractivity contribution in [2.75, 3.05) is 11.9 Å². The number of nitrogens with zero attached hydrogens (tertiary/aromatic N) is 1. The van der Waals surface area contributed by atoms with Gasteiger partial charge in [0, 0.05) is 57.4 Å². The number of hydrogen-bond donors (Lipinski definition) is 4. The molecule has 38 heavy (non-hydrogen) atoms. The van der Waals surface area contributed by atoms with Crippen molar-refractivity contribution in [3.63, 3.8) is 0 Å². The fourth-order valence-corrected chi connectivity index (χ4v) is 6.61. The van der Waals surface area contributed by atoms with E-state index in [4.69, 9.17) is 0 Å². The molecule has 8 nitrogen and oxygen atoms in total. The van der Waals surface area contributed by atoms with Crippen LogP contribution in [0.25, 0.3) is 21.8 Å². The average molecular weight is 502 g/mol. The van der Waals surface area contributed by atoms with Crippen molar-refractivity contribution >= 4 is 45.1 Å². The lowest BCUT2D eigenvalue weighted by molar-refractivity contribution is 0.0806. The molecule has 1 aliphatic heterocycles. The van der Waals surface area contributed by atoms with Gasteiger partial charge >= 0.3 is 0 Å². The van der Waals surface area contributed by atoms with E-state index in [2.05, 4.69) is 20.3 Å². The topological polar surface area (TPSA) is 114 Å². The maximum atomic E-state index is 13.7. The predicted octanol–water partition coefficient (Wildman–Crippen LogP) is 5.03. The maximum absolute atomic E-state index is 13.7. The number of allylic oxidation sites excluding steroid dienone is 2. The van der Waals surface area contributed by atoms with Crippen LogP contribution in [0.3, 0.4) is 0 Å². The van der Waals surface area contributed by atoms with Crippen molar-refractivity contribution in [1.29, 1.82) is 0 Å². The number of hydrogen-bond acceptors (Lipinski definition) is 3. The van der Waals surface area contributed by atoms with Gasteiger partial charge < -0.3 is 25.2 Å². The highest BCUT2D eigenvalue weighted by Crippen LogP contribution is 2.67. The highest BCUT2D eigenvalue weighted by atomic mass is 16.2. The molecule has 2 aromatic carbocycles. The molecule has 2 fully saturated rings. The van der Waals surface area contributed by atoms with Crippen molar-refractivity contribution < 1.29 is 14.4 Å². The Labute approximate surface area is 216 Å². The third-order valence-electron chi connectivity index (χ3n) is 8.42. The molecule has 2 aliphatic carbocycles. The number of nitrogens with one attached hydrogen (secondary N) is 4. The van der Waals surface area contributed by atoms with E-state index in [-0.39, 0.29) is 23.0 Å². The fourth-order valence-electron chi connectivity index (χ4n) is 6.61. The lowest BCUT2D eigenvalue weighted by atomic mass is 9.83. The molecule has 0 radical (unpaired) electrons. The number of aromatic amines is 3. The Hall–Kier alpha value is -4.85. The van der Waals surface area contributed by atoms with E-state index in [1.165, 1.54) is 0 Å². The van der Waals surface area contributed by atoms with Crippen LogP contribution in [-0.4, -0.2) is 44.0 Å². The molecule has 3 aliphatic rings. The van der Waals surface area contributed by atoms with Crippen LogP contribution in [0.2, 0.25) is 0 Å². The van der Waals surface area contributed by atoms with Gasteiger partial charge in [-0.3, -0.25) is 14.4 Å². The largest absolute Gasteiger partial charge is 0.358 e. The van der Waals surface area contributed by atoms with Gasteiger partial charge in [-0.05, 0) is 66.8 Å². The first kappa shape index (κ1) is 21.3.